The minimum absolute atomic E-state index is 0.0162. The highest BCUT2D eigenvalue weighted by molar-refractivity contribution is 5.82. The molecular formula is C38H54O2. The molecule has 3 saturated carbocycles. The summed E-state index contributed by atoms with van der Waals surface area (Å²) in [5, 5.41) is 0. The van der Waals surface area contributed by atoms with Crippen molar-refractivity contribution < 1.29 is 9.53 Å². The molecule has 0 unspecified atom stereocenters. The van der Waals surface area contributed by atoms with Crippen molar-refractivity contribution >= 4 is 12.0 Å². The standard InChI is InChI=1S/C38H54O2/c1-27(2)12-11-13-28(3)33-20-21-34-32-19-18-30-26-31(22-24-37(30,4)35(32)23-25-38(33,34)5)40-36(39)17-10-9-16-29-14-7-6-8-15-29/h6-10,14-18,27-28,31-35H,11-13,19-26H2,1-5H3/b16-9+,17-10+/t28-,31+,32-,33-,34-,35+,37+,38-/m1/s1. The smallest absolute Gasteiger partial charge is 0.331 e. The summed E-state index contributed by atoms with van der Waals surface area (Å²) < 4.78 is 5.95. The summed E-state index contributed by atoms with van der Waals surface area (Å²) in [5.41, 5.74) is 3.55. The topological polar surface area (TPSA) is 26.3 Å². The van der Waals surface area contributed by atoms with E-state index in [2.05, 4.69) is 52.8 Å². The minimum atomic E-state index is -0.214. The molecule has 2 heteroatoms. The SMILES string of the molecule is CC(C)CCC[C@@H](C)[C@H]1CC[C@@H]2[C@H]3CC=C4C[C@@H](OC(=O)/C=C/C=C/c5ccccc5)CC[C@]4(C)[C@H]3CC[C@@]21C. The molecule has 1 aromatic carbocycles. The first-order valence-electron chi connectivity index (χ1n) is 16.5. The molecule has 0 aliphatic heterocycles. The molecule has 0 heterocycles. The molecule has 8 atom stereocenters. The first kappa shape index (κ1) is 29.4. The van der Waals surface area contributed by atoms with Gasteiger partial charge in [0.05, 0.1) is 0 Å². The van der Waals surface area contributed by atoms with Gasteiger partial charge in [-0.25, -0.2) is 4.79 Å². The molecule has 0 bridgehead atoms. The fourth-order valence-electron chi connectivity index (χ4n) is 9.82. The molecule has 3 fully saturated rings. The molecule has 0 radical (unpaired) electrons. The normalized spacial score (nSPS) is 36.2. The quantitative estimate of drug-likeness (QED) is 0.134. The third kappa shape index (κ3) is 6.07. The zero-order valence-electron chi connectivity index (χ0n) is 25.9. The van der Waals surface area contributed by atoms with Crippen LogP contribution in [0.25, 0.3) is 6.08 Å². The third-order valence-corrected chi connectivity index (χ3v) is 12.0. The number of ether oxygens (including phenoxy) is 1. The van der Waals surface area contributed by atoms with Crippen molar-refractivity contribution in [2.75, 3.05) is 0 Å². The van der Waals surface area contributed by atoms with Crippen LogP contribution in [-0.4, -0.2) is 12.1 Å². The number of esters is 1. The second kappa shape index (κ2) is 12.4. The Morgan fingerprint density at radius 3 is 2.55 bits per heavy atom. The van der Waals surface area contributed by atoms with E-state index in [0.717, 1.165) is 60.3 Å². The van der Waals surface area contributed by atoms with Crippen LogP contribution in [0.1, 0.15) is 111 Å². The van der Waals surface area contributed by atoms with Crippen molar-refractivity contribution in [3.05, 3.63) is 65.8 Å². The van der Waals surface area contributed by atoms with Gasteiger partial charge in [-0.2, -0.15) is 0 Å². The van der Waals surface area contributed by atoms with Crippen molar-refractivity contribution in [2.45, 2.75) is 111 Å². The average Bonchev–Trinajstić information content (AvgIpc) is 3.29. The number of carbonyl (C=O) groups is 1. The zero-order valence-corrected chi connectivity index (χ0v) is 25.9. The molecule has 4 aliphatic carbocycles. The Morgan fingerprint density at radius 2 is 1.77 bits per heavy atom. The number of rotatable bonds is 9. The molecule has 0 amide bonds. The van der Waals surface area contributed by atoms with Crippen molar-refractivity contribution in [3.8, 4) is 0 Å². The van der Waals surface area contributed by atoms with Crippen LogP contribution in [0.15, 0.2) is 60.2 Å². The van der Waals surface area contributed by atoms with Gasteiger partial charge in [0.1, 0.15) is 6.10 Å². The summed E-state index contributed by atoms with van der Waals surface area (Å²) in [6.07, 6.45) is 24.1. The number of fused-ring (bicyclic) bond motifs is 5. The van der Waals surface area contributed by atoms with Gasteiger partial charge in [-0.3, -0.25) is 0 Å². The van der Waals surface area contributed by atoms with E-state index in [-0.39, 0.29) is 12.1 Å². The Kier molecular flexibility index (Phi) is 9.13. The maximum Gasteiger partial charge on any atom is 0.331 e. The summed E-state index contributed by atoms with van der Waals surface area (Å²) in [6.45, 7) is 12.5. The van der Waals surface area contributed by atoms with E-state index < -0.39 is 0 Å². The van der Waals surface area contributed by atoms with Crippen LogP contribution in [0.5, 0.6) is 0 Å². The molecule has 0 saturated heterocycles. The van der Waals surface area contributed by atoms with Gasteiger partial charge in [-0.15, -0.1) is 0 Å². The van der Waals surface area contributed by atoms with Gasteiger partial charge >= 0.3 is 5.97 Å². The summed E-state index contributed by atoms with van der Waals surface area (Å²) in [5.74, 6) is 4.93. The van der Waals surface area contributed by atoms with E-state index in [1.54, 1.807) is 17.7 Å². The summed E-state index contributed by atoms with van der Waals surface area (Å²) >= 11 is 0. The Balaban J connectivity index is 1.18. The minimum Gasteiger partial charge on any atom is -0.459 e. The van der Waals surface area contributed by atoms with Gasteiger partial charge in [-0.05, 0) is 96.8 Å². The first-order valence-corrected chi connectivity index (χ1v) is 16.5. The third-order valence-electron chi connectivity index (χ3n) is 12.0. The Morgan fingerprint density at radius 1 is 0.975 bits per heavy atom. The number of hydrogen-bond acceptors (Lipinski definition) is 2. The lowest BCUT2D eigenvalue weighted by Gasteiger charge is -2.58. The molecular weight excluding hydrogens is 488 g/mol. The maximum absolute atomic E-state index is 12.6. The molecule has 0 aromatic heterocycles. The number of carbonyl (C=O) groups excluding carboxylic acids is 1. The fraction of sp³-hybridized carbons (Fsp3) is 0.658. The predicted molar refractivity (Wildman–Crippen MR) is 168 cm³/mol. The van der Waals surface area contributed by atoms with Crippen LogP contribution in [0.2, 0.25) is 0 Å². The average molecular weight is 543 g/mol. The summed E-state index contributed by atoms with van der Waals surface area (Å²) in [4.78, 5) is 12.6. The maximum atomic E-state index is 12.6. The summed E-state index contributed by atoms with van der Waals surface area (Å²) in [6, 6.07) is 10.1. The van der Waals surface area contributed by atoms with E-state index >= 15 is 0 Å². The van der Waals surface area contributed by atoms with Gasteiger partial charge < -0.3 is 4.74 Å². The van der Waals surface area contributed by atoms with Crippen molar-refractivity contribution in [1.82, 2.24) is 0 Å². The highest BCUT2D eigenvalue weighted by Crippen LogP contribution is 2.67. The lowest BCUT2D eigenvalue weighted by Crippen LogP contribution is -2.51. The van der Waals surface area contributed by atoms with Crippen LogP contribution in [0.4, 0.5) is 0 Å². The van der Waals surface area contributed by atoms with Gasteiger partial charge in [0.25, 0.3) is 0 Å². The van der Waals surface area contributed by atoms with Gasteiger partial charge in [0, 0.05) is 12.5 Å². The monoisotopic (exact) mass is 542 g/mol. The molecule has 2 nitrogen and oxygen atoms in total. The van der Waals surface area contributed by atoms with Gasteiger partial charge in [0.2, 0.25) is 0 Å². The van der Waals surface area contributed by atoms with Crippen LogP contribution < -0.4 is 0 Å². The number of allylic oxidation sites excluding steroid dienone is 3. The molecule has 218 valence electrons. The largest absolute Gasteiger partial charge is 0.459 e. The molecule has 1 aromatic rings. The Hall–Kier alpha value is -2.09. The molecule has 0 N–H and O–H groups in total. The van der Waals surface area contributed by atoms with Crippen LogP contribution in [0.3, 0.4) is 0 Å². The predicted octanol–water partition coefficient (Wildman–Crippen LogP) is 10.2. The molecule has 0 spiro atoms. The number of hydrogen-bond donors (Lipinski definition) is 0. The molecule has 5 rings (SSSR count). The Labute approximate surface area is 244 Å². The van der Waals surface area contributed by atoms with Crippen LogP contribution in [-0.2, 0) is 9.53 Å². The molecule has 4 aliphatic rings. The number of benzene rings is 1. The van der Waals surface area contributed by atoms with Crippen LogP contribution in [0, 0.1) is 46.3 Å². The van der Waals surface area contributed by atoms with Crippen molar-refractivity contribution in [3.63, 3.8) is 0 Å². The highest BCUT2D eigenvalue weighted by atomic mass is 16.5. The van der Waals surface area contributed by atoms with Crippen molar-refractivity contribution in [2.24, 2.45) is 46.3 Å². The lowest BCUT2D eigenvalue weighted by molar-refractivity contribution is -0.145. The van der Waals surface area contributed by atoms with E-state index in [0.29, 0.717) is 10.8 Å². The van der Waals surface area contributed by atoms with E-state index in [4.69, 9.17) is 4.74 Å². The zero-order chi connectivity index (χ0) is 28.3. The summed E-state index contributed by atoms with van der Waals surface area (Å²) in [7, 11) is 0. The Bertz CT molecular complexity index is 1100. The molecule has 40 heavy (non-hydrogen) atoms. The lowest BCUT2D eigenvalue weighted by atomic mass is 9.47. The van der Waals surface area contributed by atoms with E-state index in [9.17, 15) is 4.79 Å². The highest BCUT2D eigenvalue weighted by Gasteiger charge is 2.59. The second-order valence-electron chi connectivity index (χ2n) is 14.7. The van der Waals surface area contributed by atoms with E-state index in [1.165, 1.54) is 51.4 Å². The van der Waals surface area contributed by atoms with Crippen LogP contribution >= 0.6 is 0 Å². The van der Waals surface area contributed by atoms with E-state index in [1.807, 2.05) is 30.4 Å². The second-order valence-corrected chi connectivity index (χ2v) is 14.7. The first-order chi connectivity index (χ1) is 19.2. The fourth-order valence-corrected chi connectivity index (χ4v) is 9.82. The van der Waals surface area contributed by atoms with Gasteiger partial charge in [0.15, 0.2) is 0 Å². The van der Waals surface area contributed by atoms with Crippen molar-refractivity contribution in [1.29, 1.82) is 0 Å². The van der Waals surface area contributed by atoms with Gasteiger partial charge in [-0.1, -0.05) is 114 Å².